The van der Waals surface area contributed by atoms with Crippen LogP contribution in [0.5, 0.6) is 0 Å². The molecule has 0 N–H and O–H groups in total. The summed E-state index contributed by atoms with van der Waals surface area (Å²) in [6, 6.07) is 0. The number of carbonyl (C=O) groups is 1. The lowest BCUT2D eigenvalue weighted by atomic mass is 10.0. The predicted octanol–water partition coefficient (Wildman–Crippen LogP) is 0.988. The number of hydrogen-bond donors (Lipinski definition) is 0. The molecule has 3 aromatic rings. The Morgan fingerprint density at radius 3 is 2.79 bits per heavy atom. The summed E-state index contributed by atoms with van der Waals surface area (Å²) in [7, 11) is 3.21. The Bertz CT molecular complexity index is 1210. The number of imidazole rings is 1. The number of nitrogens with zero attached hydrogens (tertiary/aromatic N) is 6. The first-order chi connectivity index (χ1) is 13.9. The highest BCUT2D eigenvalue weighted by molar-refractivity contribution is 7.16. The SMILES string of the molecule is C=CCN(C(=O)Cn1c(=O)c2c(ncn2C)n(C)c1=O)c1nc2c(s1)CCCC2. The lowest BCUT2D eigenvalue weighted by Crippen LogP contribution is -2.44. The standard InChI is InChI=1S/C19H22N6O3S/c1-4-9-24(18-21-12-7-5-6-8-13(12)29-18)14(26)10-25-17(27)15-16(20-11-22(15)2)23(3)19(25)28/h4,11H,1,5-10H2,2-3H3. The van der Waals surface area contributed by atoms with E-state index in [2.05, 4.69) is 16.5 Å². The smallest absolute Gasteiger partial charge is 0.328 e. The molecule has 0 bridgehead atoms. The quantitative estimate of drug-likeness (QED) is 0.580. The number of thiazole rings is 1. The Morgan fingerprint density at radius 2 is 2.07 bits per heavy atom. The zero-order valence-corrected chi connectivity index (χ0v) is 17.2. The van der Waals surface area contributed by atoms with Crippen LogP contribution < -0.4 is 16.1 Å². The van der Waals surface area contributed by atoms with Gasteiger partial charge in [-0.2, -0.15) is 0 Å². The van der Waals surface area contributed by atoms with Gasteiger partial charge in [0, 0.05) is 25.5 Å². The monoisotopic (exact) mass is 414 g/mol. The van der Waals surface area contributed by atoms with Crippen molar-refractivity contribution in [3.05, 3.63) is 50.4 Å². The van der Waals surface area contributed by atoms with Crippen LogP contribution in [-0.4, -0.2) is 36.1 Å². The third-order valence-electron chi connectivity index (χ3n) is 5.17. The van der Waals surface area contributed by atoms with Crippen LogP contribution >= 0.6 is 11.3 Å². The maximum Gasteiger partial charge on any atom is 0.332 e. The summed E-state index contributed by atoms with van der Waals surface area (Å²) in [4.78, 5) is 50.1. The van der Waals surface area contributed by atoms with Crippen LogP contribution in [0.3, 0.4) is 0 Å². The molecule has 0 aliphatic heterocycles. The van der Waals surface area contributed by atoms with Gasteiger partial charge < -0.3 is 4.57 Å². The molecule has 29 heavy (non-hydrogen) atoms. The van der Waals surface area contributed by atoms with Gasteiger partial charge in [-0.15, -0.1) is 17.9 Å². The summed E-state index contributed by atoms with van der Waals surface area (Å²) < 4.78 is 3.79. The van der Waals surface area contributed by atoms with Gasteiger partial charge in [-0.1, -0.05) is 6.08 Å². The van der Waals surface area contributed by atoms with Crippen molar-refractivity contribution in [3.63, 3.8) is 0 Å². The maximum atomic E-state index is 13.1. The van der Waals surface area contributed by atoms with Crippen LogP contribution in [-0.2, 0) is 38.3 Å². The maximum absolute atomic E-state index is 13.1. The third kappa shape index (κ3) is 3.23. The fraction of sp³-hybridized carbons (Fsp3) is 0.421. The number of fused-ring (bicyclic) bond motifs is 2. The molecular formula is C19H22N6O3S. The van der Waals surface area contributed by atoms with Gasteiger partial charge in [-0.05, 0) is 25.7 Å². The van der Waals surface area contributed by atoms with Gasteiger partial charge in [0.2, 0.25) is 5.91 Å². The summed E-state index contributed by atoms with van der Waals surface area (Å²) in [5.41, 5.74) is 0.504. The molecule has 10 heteroatoms. The predicted molar refractivity (Wildman–Crippen MR) is 112 cm³/mol. The minimum atomic E-state index is -0.577. The van der Waals surface area contributed by atoms with E-state index in [0.29, 0.717) is 10.8 Å². The Morgan fingerprint density at radius 1 is 1.31 bits per heavy atom. The van der Waals surface area contributed by atoms with Gasteiger partial charge in [-0.25, -0.2) is 19.3 Å². The highest BCUT2D eigenvalue weighted by Crippen LogP contribution is 2.31. The first-order valence-electron chi connectivity index (χ1n) is 9.43. The van der Waals surface area contributed by atoms with Crippen LogP contribution in [0.25, 0.3) is 11.2 Å². The largest absolute Gasteiger partial charge is 0.332 e. The Labute approximate surface area is 170 Å². The number of rotatable bonds is 5. The van der Waals surface area contributed by atoms with Crippen molar-refractivity contribution < 1.29 is 4.79 Å². The van der Waals surface area contributed by atoms with E-state index < -0.39 is 11.2 Å². The minimum Gasteiger partial charge on any atom is -0.328 e. The third-order valence-corrected chi connectivity index (χ3v) is 6.35. The van der Waals surface area contributed by atoms with Gasteiger partial charge in [0.15, 0.2) is 16.3 Å². The van der Waals surface area contributed by atoms with Gasteiger partial charge in [0.1, 0.15) is 6.54 Å². The topological polar surface area (TPSA) is 95.0 Å². The molecule has 0 spiro atoms. The molecule has 0 saturated heterocycles. The Hall–Kier alpha value is -3.01. The summed E-state index contributed by atoms with van der Waals surface area (Å²) in [5.74, 6) is -0.378. The van der Waals surface area contributed by atoms with E-state index >= 15 is 0 Å². The summed E-state index contributed by atoms with van der Waals surface area (Å²) in [6.45, 7) is 3.62. The van der Waals surface area contributed by atoms with Gasteiger partial charge in [0.25, 0.3) is 5.56 Å². The molecule has 9 nitrogen and oxygen atoms in total. The fourth-order valence-corrected chi connectivity index (χ4v) is 4.80. The van der Waals surface area contributed by atoms with Crippen LogP contribution in [0.4, 0.5) is 5.13 Å². The fourth-order valence-electron chi connectivity index (χ4n) is 3.63. The molecule has 1 aliphatic carbocycles. The van der Waals surface area contributed by atoms with Crippen molar-refractivity contribution in [2.24, 2.45) is 14.1 Å². The Kier molecular flexibility index (Phi) is 4.95. The van der Waals surface area contributed by atoms with E-state index in [1.54, 1.807) is 17.7 Å². The number of aromatic nitrogens is 5. The number of amides is 1. The second kappa shape index (κ2) is 7.43. The Balaban J connectivity index is 1.73. The molecule has 3 aromatic heterocycles. The summed E-state index contributed by atoms with van der Waals surface area (Å²) >= 11 is 1.50. The van der Waals surface area contributed by atoms with E-state index in [1.165, 1.54) is 39.1 Å². The summed E-state index contributed by atoms with van der Waals surface area (Å²) in [5, 5.41) is 0.591. The van der Waals surface area contributed by atoms with Crippen molar-refractivity contribution in [3.8, 4) is 0 Å². The van der Waals surface area contributed by atoms with E-state index in [1.807, 2.05) is 0 Å². The van der Waals surface area contributed by atoms with Gasteiger partial charge in [0.05, 0.1) is 12.0 Å². The van der Waals surface area contributed by atoms with E-state index in [-0.39, 0.29) is 24.5 Å². The van der Waals surface area contributed by atoms with E-state index in [0.717, 1.165) is 35.9 Å². The number of carbonyl (C=O) groups excluding carboxylic acids is 1. The zero-order valence-electron chi connectivity index (χ0n) is 16.4. The average Bonchev–Trinajstić information content (AvgIpc) is 3.31. The molecule has 4 rings (SSSR count). The molecule has 1 amide bonds. The number of anilines is 1. The highest BCUT2D eigenvalue weighted by Gasteiger charge is 2.24. The number of aryl methyl sites for hydroxylation is 4. The van der Waals surface area contributed by atoms with Crippen LogP contribution in [0.1, 0.15) is 23.4 Å². The number of hydrogen-bond acceptors (Lipinski definition) is 6. The van der Waals surface area contributed by atoms with Crippen molar-refractivity contribution in [1.29, 1.82) is 0 Å². The van der Waals surface area contributed by atoms with Crippen LogP contribution in [0, 0.1) is 0 Å². The molecule has 1 aliphatic rings. The van der Waals surface area contributed by atoms with Gasteiger partial charge >= 0.3 is 5.69 Å². The molecule has 0 fully saturated rings. The first-order valence-corrected chi connectivity index (χ1v) is 10.2. The summed E-state index contributed by atoms with van der Waals surface area (Å²) in [6.07, 6.45) is 7.20. The van der Waals surface area contributed by atoms with E-state index in [9.17, 15) is 14.4 Å². The average molecular weight is 414 g/mol. The second-order valence-corrected chi connectivity index (χ2v) is 8.19. The molecule has 3 heterocycles. The normalized spacial score (nSPS) is 13.4. The van der Waals surface area contributed by atoms with Crippen molar-refractivity contribution in [2.75, 3.05) is 11.4 Å². The molecule has 152 valence electrons. The van der Waals surface area contributed by atoms with E-state index in [4.69, 9.17) is 0 Å². The molecule has 0 unspecified atom stereocenters. The lowest BCUT2D eigenvalue weighted by molar-refractivity contribution is -0.119. The van der Waals surface area contributed by atoms with Crippen LogP contribution in [0.15, 0.2) is 28.6 Å². The molecule has 0 aromatic carbocycles. The minimum absolute atomic E-state index is 0.258. The molecule has 0 atom stereocenters. The molecule has 0 radical (unpaired) electrons. The van der Waals surface area contributed by atoms with Gasteiger partial charge in [-0.3, -0.25) is 19.1 Å². The second-order valence-electron chi connectivity index (χ2n) is 7.13. The zero-order chi connectivity index (χ0) is 20.7. The van der Waals surface area contributed by atoms with Crippen LogP contribution in [0.2, 0.25) is 0 Å². The van der Waals surface area contributed by atoms with Crippen molar-refractivity contribution >= 4 is 33.5 Å². The lowest BCUT2D eigenvalue weighted by Gasteiger charge is -2.18. The molecular weight excluding hydrogens is 392 g/mol. The molecule has 0 saturated carbocycles. The van der Waals surface area contributed by atoms with Crippen molar-refractivity contribution in [2.45, 2.75) is 32.2 Å². The van der Waals surface area contributed by atoms with Crippen molar-refractivity contribution in [1.82, 2.24) is 23.7 Å². The first kappa shape index (κ1) is 19.3. The highest BCUT2D eigenvalue weighted by atomic mass is 32.1.